The molecule has 2 heterocycles. The fraction of sp³-hybridized carbons (Fsp3) is 0.333. The molecule has 4 rings (SSSR count). The summed E-state index contributed by atoms with van der Waals surface area (Å²) in [6, 6.07) is 13.3. The van der Waals surface area contributed by atoms with Gasteiger partial charge < -0.3 is 20.0 Å². The Labute approximate surface area is 169 Å². The molecule has 1 saturated heterocycles. The standard InChI is InChI=1S/C21H23ClN4O2/c1-24-19-8-7-18(14-15(19)2-9-20(24)27)25-10-12-26(13-11-25)21(28)23-17-5-3-16(22)4-6-17/h3-8,14H,2,9-13H2,1H3,(H,23,28). The summed E-state index contributed by atoms with van der Waals surface area (Å²) in [7, 11) is 1.83. The predicted molar refractivity (Wildman–Crippen MR) is 112 cm³/mol. The topological polar surface area (TPSA) is 55.9 Å². The molecule has 2 aromatic rings. The van der Waals surface area contributed by atoms with Crippen LogP contribution >= 0.6 is 11.6 Å². The van der Waals surface area contributed by atoms with Crippen LogP contribution in [-0.2, 0) is 11.2 Å². The number of piperazine rings is 1. The van der Waals surface area contributed by atoms with Crippen LogP contribution < -0.4 is 15.1 Å². The average molecular weight is 399 g/mol. The Bertz CT molecular complexity index is 892. The number of anilines is 3. The van der Waals surface area contributed by atoms with Gasteiger partial charge in [-0.05, 0) is 54.4 Å². The van der Waals surface area contributed by atoms with E-state index < -0.39 is 0 Å². The molecule has 2 aromatic carbocycles. The molecular weight excluding hydrogens is 376 g/mol. The maximum atomic E-state index is 12.5. The number of amides is 3. The second-order valence-electron chi connectivity index (χ2n) is 7.18. The lowest BCUT2D eigenvalue weighted by atomic mass is 10.0. The Kier molecular flexibility index (Phi) is 5.13. The number of fused-ring (bicyclic) bond motifs is 1. The van der Waals surface area contributed by atoms with Gasteiger partial charge in [-0.2, -0.15) is 0 Å². The number of nitrogens with zero attached hydrogens (tertiary/aromatic N) is 3. The van der Waals surface area contributed by atoms with E-state index in [-0.39, 0.29) is 11.9 Å². The minimum Gasteiger partial charge on any atom is -0.368 e. The molecule has 0 bridgehead atoms. The van der Waals surface area contributed by atoms with Crippen LogP contribution in [0.25, 0.3) is 0 Å². The summed E-state index contributed by atoms with van der Waals surface area (Å²) in [5, 5.41) is 3.56. The smallest absolute Gasteiger partial charge is 0.321 e. The predicted octanol–water partition coefficient (Wildman–Crippen LogP) is 3.60. The Balaban J connectivity index is 1.37. The zero-order valence-electron chi connectivity index (χ0n) is 15.8. The number of rotatable bonds is 2. The Hall–Kier alpha value is -2.73. The monoisotopic (exact) mass is 398 g/mol. The second-order valence-corrected chi connectivity index (χ2v) is 7.61. The third-order valence-corrected chi connectivity index (χ3v) is 5.69. The Morgan fingerprint density at radius 2 is 1.71 bits per heavy atom. The van der Waals surface area contributed by atoms with Gasteiger partial charge in [0.1, 0.15) is 0 Å². The molecule has 0 spiro atoms. The van der Waals surface area contributed by atoms with Crippen molar-refractivity contribution in [3.63, 3.8) is 0 Å². The van der Waals surface area contributed by atoms with Crippen LogP contribution in [0.15, 0.2) is 42.5 Å². The van der Waals surface area contributed by atoms with Crippen LogP contribution in [0, 0.1) is 0 Å². The van der Waals surface area contributed by atoms with E-state index in [0.29, 0.717) is 24.5 Å². The first-order chi connectivity index (χ1) is 13.5. The number of hydrogen-bond donors (Lipinski definition) is 1. The SMILES string of the molecule is CN1C(=O)CCc2cc(N3CCN(C(=O)Nc4ccc(Cl)cc4)CC3)ccc21. The number of carbonyl (C=O) groups is 2. The van der Waals surface area contributed by atoms with E-state index in [0.717, 1.165) is 36.6 Å². The van der Waals surface area contributed by atoms with Gasteiger partial charge in [-0.15, -0.1) is 0 Å². The van der Waals surface area contributed by atoms with Crippen LogP contribution in [0.2, 0.25) is 5.02 Å². The van der Waals surface area contributed by atoms with E-state index in [1.54, 1.807) is 29.2 Å². The van der Waals surface area contributed by atoms with Gasteiger partial charge in [-0.1, -0.05) is 11.6 Å². The van der Waals surface area contributed by atoms with E-state index in [4.69, 9.17) is 11.6 Å². The zero-order valence-corrected chi connectivity index (χ0v) is 16.6. The van der Waals surface area contributed by atoms with Crippen molar-refractivity contribution in [1.29, 1.82) is 0 Å². The van der Waals surface area contributed by atoms with Crippen molar-refractivity contribution in [1.82, 2.24) is 4.90 Å². The maximum Gasteiger partial charge on any atom is 0.321 e. The van der Waals surface area contributed by atoms with Gasteiger partial charge in [0.05, 0.1) is 0 Å². The molecule has 0 unspecified atom stereocenters. The van der Waals surface area contributed by atoms with Crippen LogP contribution in [0.1, 0.15) is 12.0 Å². The number of carbonyl (C=O) groups excluding carboxylic acids is 2. The molecule has 3 amide bonds. The third kappa shape index (κ3) is 3.78. The molecule has 1 N–H and O–H groups in total. The quantitative estimate of drug-likeness (QED) is 0.840. The second kappa shape index (κ2) is 7.72. The number of hydrogen-bond acceptors (Lipinski definition) is 3. The summed E-state index contributed by atoms with van der Waals surface area (Å²) in [5.41, 5.74) is 4.10. The number of nitrogens with one attached hydrogen (secondary N) is 1. The molecule has 0 atom stereocenters. The molecular formula is C21H23ClN4O2. The van der Waals surface area contributed by atoms with E-state index in [1.807, 2.05) is 18.0 Å². The van der Waals surface area contributed by atoms with Gasteiger partial charge in [-0.3, -0.25) is 4.79 Å². The number of benzene rings is 2. The summed E-state index contributed by atoms with van der Waals surface area (Å²) in [5.74, 6) is 0.167. The van der Waals surface area contributed by atoms with Gasteiger partial charge >= 0.3 is 6.03 Å². The van der Waals surface area contributed by atoms with Gasteiger partial charge in [0.2, 0.25) is 5.91 Å². The van der Waals surface area contributed by atoms with Gasteiger partial charge in [-0.25, -0.2) is 4.79 Å². The molecule has 146 valence electrons. The molecule has 2 aliphatic rings. The molecule has 7 heteroatoms. The first-order valence-corrected chi connectivity index (χ1v) is 9.85. The van der Waals surface area contributed by atoms with Crippen LogP contribution in [0.3, 0.4) is 0 Å². The van der Waals surface area contributed by atoms with Crippen LogP contribution in [0.4, 0.5) is 21.9 Å². The van der Waals surface area contributed by atoms with E-state index in [1.165, 1.54) is 5.56 Å². The normalized spacial score (nSPS) is 16.8. The van der Waals surface area contributed by atoms with E-state index in [2.05, 4.69) is 22.3 Å². The molecule has 0 saturated carbocycles. The first kappa shape index (κ1) is 18.6. The van der Waals surface area contributed by atoms with Crippen LogP contribution in [-0.4, -0.2) is 50.1 Å². The average Bonchev–Trinajstić information content (AvgIpc) is 2.72. The lowest BCUT2D eigenvalue weighted by molar-refractivity contribution is -0.118. The highest BCUT2D eigenvalue weighted by molar-refractivity contribution is 6.30. The summed E-state index contributed by atoms with van der Waals surface area (Å²) in [4.78, 5) is 30.2. The minimum absolute atomic E-state index is 0.0902. The zero-order chi connectivity index (χ0) is 19.7. The largest absolute Gasteiger partial charge is 0.368 e. The number of aryl methyl sites for hydroxylation is 1. The lowest BCUT2D eigenvalue weighted by Gasteiger charge is -2.37. The van der Waals surface area contributed by atoms with E-state index >= 15 is 0 Å². The van der Waals surface area contributed by atoms with Crippen molar-refractivity contribution in [3.05, 3.63) is 53.1 Å². The van der Waals surface area contributed by atoms with Gasteiger partial charge in [0, 0.05) is 61.7 Å². The number of halogens is 1. The fourth-order valence-corrected chi connectivity index (χ4v) is 3.87. The summed E-state index contributed by atoms with van der Waals surface area (Å²) in [6.45, 7) is 2.88. The molecule has 0 aliphatic carbocycles. The van der Waals surface area contributed by atoms with Crippen molar-refractivity contribution >= 4 is 40.6 Å². The highest BCUT2D eigenvalue weighted by atomic mass is 35.5. The van der Waals surface area contributed by atoms with Crippen molar-refractivity contribution in [2.75, 3.05) is 48.3 Å². The van der Waals surface area contributed by atoms with Crippen molar-refractivity contribution in [3.8, 4) is 0 Å². The summed E-state index contributed by atoms with van der Waals surface area (Å²) >= 11 is 5.88. The molecule has 0 aromatic heterocycles. The molecule has 2 aliphatic heterocycles. The summed E-state index contributed by atoms with van der Waals surface area (Å²) in [6.07, 6.45) is 1.35. The Morgan fingerprint density at radius 3 is 2.43 bits per heavy atom. The maximum absolute atomic E-state index is 12.5. The van der Waals surface area contributed by atoms with E-state index in [9.17, 15) is 9.59 Å². The highest BCUT2D eigenvalue weighted by Gasteiger charge is 2.24. The Morgan fingerprint density at radius 1 is 1.00 bits per heavy atom. The molecule has 1 fully saturated rings. The van der Waals surface area contributed by atoms with Crippen molar-refractivity contribution < 1.29 is 9.59 Å². The van der Waals surface area contributed by atoms with Crippen molar-refractivity contribution in [2.45, 2.75) is 12.8 Å². The number of urea groups is 1. The van der Waals surface area contributed by atoms with Crippen molar-refractivity contribution in [2.24, 2.45) is 0 Å². The first-order valence-electron chi connectivity index (χ1n) is 9.47. The fourth-order valence-electron chi connectivity index (χ4n) is 3.74. The highest BCUT2D eigenvalue weighted by Crippen LogP contribution is 2.31. The van der Waals surface area contributed by atoms with Gasteiger partial charge in [0.15, 0.2) is 0 Å². The van der Waals surface area contributed by atoms with Gasteiger partial charge in [0.25, 0.3) is 0 Å². The summed E-state index contributed by atoms with van der Waals surface area (Å²) < 4.78 is 0. The molecule has 6 nitrogen and oxygen atoms in total. The third-order valence-electron chi connectivity index (χ3n) is 5.43. The van der Waals surface area contributed by atoms with Crippen LogP contribution in [0.5, 0.6) is 0 Å². The minimum atomic E-state index is -0.0902. The molecule has 28 heavy (non-hydrogen) atoms. The lowest BCUT2D eigenvalue weighted by Crippen LogP contribution is -2.50. The molecule has 0 radical (unpaired) electrons.